The zero-order valence-corrected chi connectivity index (χ0v) is 25.3. The van der Waals surface area contributed by atoms with Gasteiger partial charge in [0.1, 0.15) is 0 Å². The van der Waals surface area contributed by atoms with Crippen molar-refractivity contribution in [3.05, 3.63) is 0 Å². The molecule has 6 fully saturated rings. The van der Waals surface area contributed by atoms with E-state index in [1.165, 1.54) is 77.0 Å². The van der Waals surface area contributed by atoms with Crippen molar-refractivity contribution in [1.82, 2.24) is 0 Å². The lowest BCUT2D eigenvalue weighted by atomic mass is 9.43. The first-order chi connectivity index (χ1) is 18.9. The van der Waals surface area contributed by atoms with E-state index in [1.807, 2.05) is 0 Å². The van der Waals surface area contributed by atoms with E-state index in [0.29, 0.717) is 35.4 Å². The molecule has 1 N–H and O–H groups in total. The minimum atomic E-state index is -0.0164. The minimum absolute atomic E-state index is 0.00382. The molecule has 0 amide bonds. The first-order valence-corrected chi connectivity index (χ1v) is 17.1. The van der Waals surface area contributed by atoms with Crippen LogP contribution in [0.2, 0.25) is 0 Å². The fourth-order valence-electron chi connectivity index (χ4n) is 11.1. The van der Waals surface area contributed by atoms with Crippen molar-refractivity contribution < 1.29 is 24.1 Å². The molecule has 4 aliphatic carbocycles. The third-order valence-electron chi connectivity index (χ3n) is 13.1. The van der Waals surface area contributed by atoms with Gasteiger partial charge < -0.3 is 24.1 Å². The quantitative estimate of drug-likeness (QED) is 0.320. The molecule has 4 saturated carbocycles. The van der Waals surface area contributed by atoms with E-state index in [4.69, 9.17) is 18.9 Å². The summed E-state index contributed by atoms with van der Waals surface area (Å²) in [7, 11) is 0. The number of hydrogen-bond acceptors (Lipinski definition) is 5. The minimum Gasteiger partial charge on any atom is -0.396 e. The SMILES string of the molecule is C[C@H](CCCO)[C@H]1CC[C@H]2[C@@H]3C[C@H](OC4CCCCO4)[C@@H]4C[C@H](OC5CCCCO5)CC[C@]4(C)[C@H]3CC[C@]12C. The Balaban J connectivity index is 1.22. The molecule has 0 spiro atoms. The standard InChI is InChI=1S/C34H58O5/c1-23(9-8-18-35)26-12-13-27-25-22-30(39-32-11-5-7-20-37-32)29-21-24(38-31-10-4-6-19-36-31)14-16-34(29,3)28(25)15-17-33(26,27)2/h23-32,35H,4-22H2,1-3H3/t23-,24-,25+,26-,27+,28+,29+,30+,31?,32?,33-,34-/m1/s1. The molecule has 5 heteroatoms. The van der Waals surface area contributed by atoms with Gasteiger partial charge in [0.05, 0.1) is 12.2 Å². The predicted molar refractivity (Wildman–Crippen MR) is 153 cm³/mol. The molecule has 0 aromatic carbocycles. The van der Waals surface area contributed by atoms with Crippen LogP contribution in [0.25, 0.3) is 0 Å². The maximum Gasteiger partial charge on any atom is 0.157 e. The molecule has 0 bridgehead atoms. The van der Waals surface area contributed by atoms with Crippen LogP contribution in [0.1, 0.15) is 124 Å². The van der Waals surface area contributed by atoms with Gasteiger partial charge in [-0.2, -0.15) is 0 Å². The topological polar surface area (TPSA) is 57.2 Å². The average Bonchev–Trinajstić information content (AvgIpc) is 3.31. The van der Waals surface area contributed by atoms with Crippen molar-refractivity contribution in [2.45, 2.75) is 148 Å². The highest BCUT2D eigenvalue weighted by Gasteiger charge is 2.63. The van der Waals surface area contributed by atoms with E-state index >= 15 is 0 Å². The number of fused-ring (bicyclic) bond motifs is 5. The highest BCUT2D eigenvalue weighted by molar-refractivity contribution is 5.12. The fraction of sp³-hybridized carbons (Fsp3) is 1.00. The van der Waals surface area contributed by atoms with Crippen LogP contribution in [0.4, 0.5) is 0 Å². The summed E-state index contributed by atoms with van der Waals surface area (Å²) in [4.78, 5) is 0. The monoisotopic (exact) mass is 546 g/mol. The third-order valence-corrected chi connectivity index (χ3v) is 13.1. The molecule has 39 heavy (non-hydrogen) atoms. The first kappa shape index (κ1) is 28.9. The summed E-state index contributed by atoms with van der Waals surface area (Å²) in [5.41, 5.74) is 0.779. The molecule has 6 aliphatic rings. The number of aliphatic hydroxyl groups is 1. The number of hydrogen-bond donors (Lipinski definition) is 1. The van der Waals surface area contributed by atoms with Gasteiger partial charge in [-0.15, -0.1) is 0 Å². The van der Waals surface area contributed by atoms with Crippen molar-refractivity contribution in [3.8, 4) is 0 Å². The van der Waals surface area contributed by atoms with Crippen LogP contribution in [0.5, 0.6) is 0 Å². The second-order valence-corrected chi connectivity index (χ2v) is 15.1. The highest BCUT2D eigenvalue weighted by atomic mass is 16.7. The Morgan fingerprint density at radius 2 is 1.46 bits per heavy atom. The number of rotatable bonds is 8. The number of ether oxygens (including phenoxy) is 4. The summed E-state index contributed by atoms with van der Waals surface area (Å²) in [6, 6.07) is 0. The van der Waals surface area contributed by atoms with Gasteiger partial charge in [0, 0.05) is 19.8 Å². The van der Waals surface area contributed by atoms with E-state index in [9.17, 15) is 5.11 Å². The Morgan fingerprint density at radius 1 is 0.769 bits per heavy atom. The van der Waals surface area contributed by atoms with Crippen molar-refractivity contribution in [3.63, 3.8) is 0 Å². The highest BCUT2D eigenvalue weighted by Crippen LogP contribution is 2.69. The van der Waals surface area contributed by atoms with E-state index in [2.05, 4.69) is 20.8 Å². The van der Waals surface area contributed by atoms with Gasteiger partial charge in [0.25, 0.3) is 0 Å². The van der Waals surface area contributed by atoms with Crippen molar-refractivity contribution in [2.24, 2.45) is 46.3 Å². The summed E-state index contributed by atoms with van der Waals surface area (Å²) in [6.07, 6.45) is 19.9. The van der Waals surface area contributed by atoms with Gasteiger partial charge in [-0.05, 0) is 149 Å². The van der Waals surface area contributed by atoms with Crippen molar-refractivity contribution in [2.75, 3.05) is 19.8 Å². The fourth-order valence-corrected chi connectivity index (χ4v) is 11.1. The molecule has 2 unspecified atom stereocenters. The van der Waals surface area contributed by atoms with Crippen LogP contribution < -0.4 is 0 Å². The molecule has 224 valence electrons. The second kappa shape index (κ2) is 12.2. The van der Waals surface area contributed by atoms with E-state index in [-0.39, 0.29) is 18.7 Å². The maximum atomic E-state index is 9.48. The van der Waals surface area contributed by atoms with Crippen LogP contribution >= 0.6 is 0 Å². The van der Waals surface area contributed by atoms with Crippen LogP contribution in [0.3, 0.4) is 0 Å². The Kier molecular flexibility index (Phi) is 9.03. The largest absolute Gasteiger partial charge is 0.396 e. The Hall–Kier alpha value is -0.200. The van der Waals surface area contributed by atoms with Gasteiger partial charge >= 0.3 is 0 Å². The summed E-state index contributed by atoms with van der Waals surface area (Å²) < 4.78 is 25.8. The summed E-state index contributed by atoms with van der Waals surface area (Å²) >= 11 is 0. The Labute approximate surface area is 238 Å². The average molecular weight is 547 g/mol. The van der Waals surface area contributed by atoms with Crippen LogP contribution in [-0.2, 0) is 18.9 Å². The van der Waals surface area contributed by atoms with Crippen molar-refractivity contribution in [1.29, 1.82) is 0 Å². The summed E-state index contributed by atoms with van der Waals surface area (Å²) in [5.74, 6) is 4.48. The molecular formula is C34H58O5. The smallest absolute Gasteiger partial charge is 0.157 e. The van der Waals surface area contributed by atoms with Gasteiger partial charge in [0.2, 0.25) is 0 Å². The molecule has 12 atom stereocenters. The second-order valence-electron chi connectivity index (χ2n) is 15.1. The molecule has 6 rings (SSSR count). The first-order valence-electron chi connectivity index (χ1n) is 17.1. The predicted octanol–water partition coefficient (Wildman–Crippen LogP) is 7.49. The summed E-state index contributed by atoms with van der Waals surface area (Å²) in [5, 5.41) is 9.48. The molecule has 0 aromatic rings. The lowest BCUT2D eigenvalue weighted by Gasteiger charge is -2.63. The molecule has 2 aliphatic heterocycles. The molecule has 0 radical (unpaired) electrons. The van der Waals surface area contributed by atoms with Crippen molar-refractivity contribution >= 4 is 0 Å². The zero-order chi connectivity index (χ0) is 27.0. The van der Waals surface area contributed by atoms with E-state index in [1.54, 1.807) is 0 Å². The Bertz CT molecular complexity index is 792. The zero-order valence-electron chi connectivity index (χ0n) is 25.3. The van der Waals surface area contributed by atoms with Gasteiger partial charge in [-0.25, -0.2) is 0 Å². The lowest BCUT2D eigenvalue weighted by molar-refractivity contribution is -0.261. The Morgan fingerprint density at radius 3 is 2.15 bits per heavy atom. The van der Waals surface area contributed by atoms with E-state index in [0.717, 1.165) is 62.6 Å². The van der Waals surface area contributed by atoms with Crippen LogP contribution in [-0.4, -0.2) is 49.7 Å². The van der Waals surface area contributed by atoms with Gasteiger partial charge in [0.15, 0.2) is 12.6 Å². The molecule has 2 heterocycles. The third kappa shape index (κ3) is 5.63. The number of aliphatic hydroxyl groups excluding tert-OH is 1. The summed E-state index contributed by atoms with van der Waals surface area (Å²) in [6.45, 7) is 9.82. The van der Waals surface area contributed by atoms with E-state index < -0.39 is 0 Å². The van der Waals surface area contributed by atoms with Crippen LogP contribution in [0, 0.1) is 46.3 Å². The molecule has 2 saturated heterocycles. The maximum absolute atomic E-state index is 9.48. The molecule has 0 aromatic heterocycles. The molecular weight excluding hydrogens is 488 g/mol. The normalized spacial score (nSPS) is 49.1. The van der Waals surface area contributed by atoms with Crippen LogP contribution in [0.15, 0.2) is 0 Å². The lowest BCUT2D eigenvalue weighted by Crippen LogP contribution is -2.59. The van der Waals surface area contributed by atoms with Gasteiger partial charge in [-0.3, -0.25) is 0 Å². The molecule has 5 nitrogen and oxygen atoms in total. The van der Waals surface area contributed by atoms with Gasteiger partial charge in [-0.1, -0.05) is 20.8 Å².